The highest BCUT2D eigenvalue weighted by atomic mass is 16.4. The van der Waals surface area contributed by atoms with Crippen LogP contribution in [0, 0.1) is 0 Å². The molecule has 0 spiro atoms. The van der Waals surface area contributed by atoms with Gasteiger partial charge in [0.15, 0.2) is 0 Å². The highest BCUT2D eigenvalue weighted by Gasteiger charge is 2.31. The number of anilines is 1. The van der Waals surface area contributed by atoms with Crippen LogP contribution in [0.1, 0.15) is 34.8 Å². The minimum absolute atomic E-state index is 0.264. The second-order valence-corrected chi connectivity index (χ2v) is 5.34. The molecule has 102 valence electrons. The number of nitrogens with zero attached hydrogens (tertiary/aromatic N) is 4. The van der Waals surface area contributed by atoms with E-state index >= 15 is 0 Å². The topological polar surface area (TPSA) is 69.6 Å². The SMILES string of the molecule is CN1CCN(c2ncc(C(=O)O)c(C3CC3)n2)CC1. The molecule has 1 aliphatic carbocycles. The van der Waals surface area contributed by atoms with E-state index in [-0.39, 0.29) is 5.56 Å². The summed E-state index contributed by atoms with van der Waals surface area (Å²) in [6.45, 7) is 3.77. The van der Waals surface area contributed by atoms with Gasteiger partial charge in [0.1, 0.15) is 0 Å². The Hall–Kier alpha value is -1.69. The zero-order valence-electron chi connectivity index (χ0n) is 11.0. The van der Waals surface area contributed by atoms with Gasteiger partial charge in [-0.15, -0.1) is 0 Å². The molecule has 2 fully saturated rings. The lowest BCUT2D eigenvalue weighted by Gasteiger charge is -2.32. The largest absolute Gasteiger partial charge is 0.478 e. The van der Waals surface area contributed by atoms with Gasteiger partial charge in [-0.05, 0) is 19.9 Å². The molecule has 1 N–H and O–H groups in total. The number of hydrogen-bond donors (Lipinski definition) is 1. The first kappa shape index (κ1) is 12.3. The predicted octanol–water partition coefficient (Wildman–Crippen LogP) is 0.804. The third-order valence-electron chi connectivity index (χ3n) is 3.79. The van der Waals surface area contributed by atoms with Gasteiger partial charge in [-0.1, -0.05) is 0 Å². The monoisotopic (exact) mass is 262 g/mol. The van der Waals surface area contributed by atoms with Gasteiger partial charge in [0.2, 0.25) is 5.95 Å². The number of carboxylic acid groups (broad SMARTS) is 1. The van der Waals surface area contributed by atoms with Crippen molar-refractivity contribution in [3.63, 3.8) is 0 Å². The first-order valence-electron chi connectivity index (χ1n) is 6.69. The Morgan fingerprint density at radius 3 is 2.58 bits per heavy atom. The molecule has 1 aliphatic heterocycles. The maximum atomic E-state index is 11.2. The van der Waals surface area contributed by atoms with Gasteiger partial charge >= 0.3 is 5.97 Å². The molecule has 6 nitrogen and oxygen atoms in total. The van der Waals surface area contributed by atoms with Crippen molar-refractivity contribution in [1.29, 1.82) is 0 Å². The molecule has 0 atom stereocenters. The van der Waals surface area contributed by atoms with Crippen LogP contribution in [0.5, 0.6) is 0 Å². The van der Waals surface area contributed by atoms with Crippen molar-refractivity contribution >= 4 is 11.9 Å². The Morgan fingerprint density at radius 2 is 2.00 bits per heavy atom. The Bertz CT molecular complexity index is 493. The molecule has 3 rings (SSSR count). The van der Waals surface area contributed by atoms with E-state index in [1.807, 2.05) is 0 Å². The van der Waals surface area contributed by atoms with Crippen LogP contribution < -0.4 is 4.90 Å². The standard InChI is InChI=1S/C13H18N4O2/c1-16-4-6-17(7-5-16)13-14-8-10(12(18)19)11(15-13)9-2-3-9/h8-9H,2-7H2,1H3,(H,18,19). The quantitative estimate of drug-likeness (QED) is 0.869. The van der Waals surface area contributed by atoms with Crippen LogP contribution in [-0.4, -0.2) is 59.2 Å². The smallest absolute Gasteiger partial charge is 0.339 e. The fourth-order valence-electron chi connectivity index (χ4n) is 2.38. The number of carbonyl (C=O) groups is 1. The van der Waals surface area contributed by atoms with Crippen LogP contribution in [0.25, 0.3) is 0 Å². The van der Waals surface area contributed by atoms with Gasteiger partial charge in [0, 0.05) is 38.3 Å². The van der Waals surface area contributed by atoms with Gasteiger partial charge in [-0.25, -0.2) is 14.8 Å². The van der Waals surface area contributed by atoms with Crippen LogP contribution in [0.2, 0.25) is 0 Å². The molecule has 1 aromatic heterocycles. The molecule has 1 aromatic rings. The molecule has 0 bridgehead atoms. The maximum absolute atomic E-state index is 11.2. The van der Waals surface area contributed by atoms with Gasteiger partial charge in [0.25, 0.3) is 0 Å². The van der Waals surface area contributed by atoms with Crippen molar-refractivity contribution in [1.82, 2.24) is 14.9 Å². The number of aromatic nitrogens is 2. The minimum Gasteiger partial charge on any atom is -0.478 e. The molecule has 6 heteroatoms. The van der Waals surface area contributed by atoms with Crippen LogP contribution in [0.3, 0.4) is 0 Å². The summed E-state index contributed by atoms with van der Waals surface area (Å²) >= 11 is 0. The summed E-state index contributed by atoms with van der Waals surface area (Å²) in [6, 6.07) is 0. The molecule has 1 saturated heterocycles. The Kier molecular flexibility index (Phi) is 3.10. The summed E-state index contributed by atoms with van der Waals surface area (Å²) in [6.07, 6.45) is 3.55. The van der Waals surface area contributed by atoms with Gasteiger partial charge in [-0.3, -0.25) is 0 Å². The third kappa shape index (κ3) is 2.53. The van der Waals surface area contributed by atoms with E-state index < -0.39 is 5.97 Å². The number of rotatable bonds is 3. The second kappa shape index (κ2) is 4.77. The summed E-state index contributed by atoms with van der Waals surface area (Å²) in [7, 11) is 2.10. The maximum Gasteiger partial charge on any atom is 0.339 e. The fourth-order valence-corrected chi connectivity index (χ4v) is 2.38. The predicted molar refractivity (Wildman–Crippen MR) is 70.7 cm³/mol. The Balaban J connectivity index is 1.86. The minimum atomic E-state index is -0.924. The zero-order valence-corrected chi connectivity index (χ0v) is 11.0. The zero-order chi connectivity index (χ0) is 13.4. The molecule has 2 heterocycles. The second-order valence-electron chi connectivity index (χ2n) is 5.34. The molecule has 0 unspecified atom stereocenters. The molecule has 0 amide bonds. The summed E-state index contributed by atoms with van der Waals surface area (Å²) in [5, 5.41) is 9.18. The van der Waals surface area contributed by atoms with Gasteiger partial charge in [0.05, 0.1) is 11.3 Å². The van der Waals surface area contributed by atoms with E-state index in [2.05, 4.69) is 26.8 Å². The lowest BCUT2D eigenvalue weighted by Crippen LogP contribution is -2.45. The normalized spacial score (nSPS) is 20.6. The summed E-state index contributed by atoms with van der Waals surface area (Å²) in [5.41, 5.74) is 0.983. The number of likely N-dealkylation sites (N-methyl/N-ethyl adjacent to an activating group) is 1. The average molecular weight is 262 g/mol. The van der Waals surface area contributed by atoms with Crippen molar-refractivity contribution in [2.45, 2.75) is 18.8 Å². The van der Waals surface area contributed by atoms with Crippen molar-refractivity contribution in [3.8, 4) is 0 Å². The van der Waals surface area contributed by atoms with Gasteiger partial charge in [-0.2, -0.15) is 0 Å². The third-order valence-corrected chi connectivity index (χ3v) is 3.79. The van der Waals surface area contributed by atoms with Crippen molar-refractivity contribution in [3.05, 3.63) is 17.5 Å². The summed E-state index contributed by atoms with van der Waals surface area (Å²) < 4.78 is 0. The number of piperazine rings is 1. The van der Waals surface area contributed by atoms with E-state index in [0.29, 0.717) is 11.9 Å². The van der Waals surface area contributed by atoms with Crippen LogP contribution in [0.4, 0.5) is 5.95 Å². The molecular formula is C13H18N4O2. The molecular weight excluding hydrogens is 244 g/mol. The number of hydrogen-bond acceptors (Lipinski definition) is 5. The molecule has 1 saturated carbocycles. The van der Waals surface area contributed by atoms with Crippen molar-refractivity contribution < 1.29 is 9.90 Å². The van der Waals surface area contributed by atoms with E-state index in [1.54, 1.807) is 0 Å². The van der Waals surface area contributed by atoms with E-state index in [9.17, 15) is 9.90 Å². The lowest BCUT2D eigenvalue weighted by atomic mass is 10.1. The van der Waals surface area contributed by atoms with E-state index in [0.717, 1.165) is 44.7 Å². The molecule has 2 aliphatic rings. The van der Waals surface area contributed by atoms with E-state index in [4.69, 9.17) is 0 Å². The lowest BCUT2D eigenvalue weighted by molar-refractivity contribution is 0.0694. The van der Waals surface area contributed by atoms with Crippen molar-refractivity contribution in [2.75, 3.05) is 38.1 Å². The number of aromatic carboxylic acids is 1. The first-order valence-corrected chi connectivity index (χ1v) is 6.69. The van der Waals surface area contributed by atoms with Crippen LogP contribution in [-0.2, 0) is 0 Å². The average Bonchev–Trinajstić information content (AvgIpc) is 3.23. The Morgan fingerprint density at radius 1 is 1.32 bits per heavy atom. The Labute approximate surface area is 112 Å². The van der Waals surface area contributed by atoms with Crippen LogP contribution >= 0.6 is 0 Å². The summed E-state index contributed by atoms with van der Waals surface area (Å²) in [4.78, 5) is 24.3. The first-order chi connectivity index (χ1) is 9.15. The fraction of sp³-hybridized carbons (Fsp3) is 0.615. The highest BCUT2D eigenvalue weighted by molar-refractivity contribution is 5.89. The van der Waals surface area contributed by atoms with Crippen LogP contribution in [0.15, 0.2) is 6.20 Å². The number of carboxylic acids is 1. The summed E-state index contributed by atoms with van der Waals surface area (Å²) in [5.74, 6) is 0.0761. The van der Waals surface area contributed by atoms with Crippen molar-refractivity contribution in [2.24, 2.45) is 0 Å². The molecule has 0 aromatic carbocycles. The molecule has 0 radical (unpaired) electrons. The highest BCUT2D eigenvalue weighted by Crippen LogP contribution is 2.40. The molecule has 19 heavy (non-hydrogen) atoms. The van der Waals surface area contributed by atoms with Gasteiger partial charge < -0.3 is 14.9 Å². The van der Waals surface area contributed by atoms with E-state index in [1.165, 1.54) is 6.20 Å².